The molecule has 1 aromatic heterocycles. The van der Waals surface area contributed by atoms with E-state index in [2.05, 4.69) is 9.72 Å². The second-order valence-corrected chi connectivity index (χ2v) is 2.38. The summed E-state index contributed by atoms with van der Waals surface area (Å²) in [7, 11) is 0. The number of hydrogen-bond acceptors (Lipinski definition) is 3. The van der Waals surface area contributed by atoms with Crippen LogP contribution >= 0.6 is 0 Å². The van der Waals surface area contributed by atoms with Crippen molar-refractivity contribution in [1.82, 2.24) is 4.98 Å². The van der Waals surface area contributed by atoms with Crippen LogP contribution in [0.2, 0.25) is 0 Å². The maximum atomic E-state index is 12.9. The summed E-state index contributed by atoms with van der Waals surface area (Å²) in [5.41, 5.74) is -0.879. The van der Waals surface area contributed by atoms with Gasteiger partial charge in [0, 0.05) is 6.07 Å². The molecule has 1 heterocycles. The second-order valence-electron chi connectivity index (χ2n) is 2.38. The molecule has 0 saturated heterocycles. The van der Waals surface area contributed by atoms with Gasteiger partial charge in [-0.05, 0) is 0 Å². The normalized spacial score (nSPS) is 9.47. The summed E-state index contributed by atoms with van der Waals surface area (Å²) in [5, 5.41) is 0. The number of halogens is 3. The SMILES string of the molecule is C#CCOC(=O)c1cc(F)nc(F)c1F. The van der Waals surface area contributed by atoms with E-state index < -0.39 is 35.9 Å². The third-order valence-electron chi connectivity index (χ3n) is 1.39. The minimum atomic E-state index is -1.71. The molecule has 0 amide bonds. The van der Waals surface area contributed by atoms with Gasteiger partial charge in [-0.15, -0.1) is 6.42 Å². The summed E-state index contributed by atoms with van der Waals surface area (Å²) in [5.74, 6) is -3.89. The van der Waals surface area contributed by atoms with Crippen molar-refractivity contribution >= 4 is 5.97 Å². The van der Waals surface area contributed by atoms with E-state index in [1.54, 1.807) is 0 Å². The van der Waals surface area contributed by atoms with E-state index in [4.69, 9.17) is 6.42 Å². The average molecular weight is 215 g/mol. The Bertz CT molecular complexity index is 440. The van der Waals surface area contributed by atoms with Gasteiger partial charge in [0.2, 0.25) is 5.95 Å². The molecule has 0 radical (unpaired) electrons. The van der Waals surface area contributed by atoms with Crippen molar-refractivity contribution in [2.24, 2.45) is 0 Å². The van der Waals surface area contributed by atoms with E-state index in [1.807, 2.05) is 5.92 Å². The molecule has 0 spiro atoms. The molecule has 1 aromatic rings. The van der Waals surface area contributed by atoms with Crippen LogP contribution in [-0.4, -0.2) is 17.6 Å². The Labute approximate surface area is 82.9 Å². The lowest BCUT2D eigenvalue weighted by Gasteiger charge is -2.02. The minimum absolute atomic E-state index is 0.413. The predicted molar refractivity (Wildman–Crippen MR) is 43.2 cm³/mol. The fourth-order valence-corrected chi connectivity index (χ4v) is 0.802. The van der Waals surface area contributed by atoms with Crippen LogP contribution in [0, 0.1) is 30.1 Å². The Kier molecular flexibility index (Phi) is 3.29. The third kappa shape index (κ3) is 2.47. The zero-order valence-corrected chi connectivity index (χ0v) is 7.26. The Morgan fingerprint density at radius 3 is 2.80 bits per heavy atom. The third-order valence-corrected chi connectivity index (χ3v) is 1.39. The number of terminal acetylenes is 1. The van der Waals surface area contributed by atoms with E-state index in [-0.39, 0.29) is 0 Å². The van der Waals surface area contributed by atoms with Gasteiger partial charge in [-0.3, -0.25) is 0 Å². The van der Waals surface area contributed by atoms with Gasteiger partial charge in [0.15, 0.2) is 12.4 Å². The first-order chi connectivity index (χ1) is 7.06. The molecule has 0 aliphatic rings. The first-order valence-electron chi connectivity index (χ1n) is 3.68. The smallest absolute Gasteiger partial charge is 0.342 e. The van der Waals surface area contributed by atoms with Crippen LogP contribution in [0.5, 0.6) is 0 Å². The first kappa shape index (κ1) is 11.0. The van der Waals surface area contributed by atoms with Crippen LogP contribution in [0.1, 0.15) is 10.4 Å². The summed E-state index contributed by atoms with van der Waals surface area (Å²) in [4.78, 5) is 13.6. The van der Waals surface area contributed by atoms with Crippen molar-refractivity contribution in [3.8, 4) is 12.3 Å². The average Bonchev–Trinajstić information content (AvgIpc) is 2.19. The van der Waals surface area contributed by atoms with Gasteiger partial charge in [0.05, 0.1) is 0 Å². The lowest BCUT2D eigenvalue weighted by molar-refractivity contribution is 0.0548. The molecule has 0 unspecified atom stereocenters. The number of esters is 1. The number of hydrogen-bond donors (Lipinski definition) is 0. The molecule has 15 heavy (non-hydrogen) atoms. The number of rotatable bonds is 2. The highest BCUT2D eigenvalue weighted by Crippen LogP contribution is 2.12. The first-order valence-corrected chi connectivity index (χ1v) is 3.68. The summed E-state index contributed by atoms with van der Waals surface area (Å²) in [6.45, 7) is -0.413. The van der Waals surface area contributed by atoms with E-state index in [0.717, 1.165) is 0 Å². The van der Waals surface area contributed by atoms with Crippen molar-refractivity contribution in [2.45, 2.75) is 0 Å². The molecule has 78 valence electrons. The maximum Gasteiger partial charge on any atom is 0.342 e. The minimum Gasteiger partial charge on any atom is -0.449 e. The monoisotopic (exact) mass is 215 g/mol. The molecule has 6 heteroatoms. The predicted octanol–water partition coefficient (Wildman–Crippen LogP) is 1.29. The number of nitrogens with zero attached hydrogens (tertiary/aromatic N) is 1. The molecule has 1 rings (SSSR count). The Hall–Kier alpha value is -2.03. The van der Waals surface area contributed by atoms with E-state index >= 15 is 0 Å². The Morgan fingerprint density at radius 2 is 2.20 bits per heavy atom. The lowest BCUT2D eigenvalue weighted by Crippen LogP contribution is -2.11. The van der Waals surface area contributed by atoms with Gasteiger partial charge >= 0.3 is 5.97 Å². The van der Waals surface area contributed by atoms with Crippen molar-refractivity contribution < 1.29 is 22.7 Å². The quantitative estimate of drug-likeness (QED) is 0.424. The topological polar surface area (TPSA) is 39.2 Å². The zero-order chi connectivity index (χ0) is 11.4. The van der Waals surface area contributed by atoms with Crippen molar-refractivity contribution in [3.05, 3.63) is 29.3 Å². The van der Waals surface area contributed by atoms with Gasteiger partial charge in [0.25, 0.3) is 5.95 Å². The molecule has 0 atom stereocenters. The van der Waals surface area contributed by atoms with Crippen LogP contribution in [0.25, 0.3) is 0 Å². The number of carbonyl (C=O) groups is 1. The van der Waals surface area contributed by atoms with Gasteiger partial charge in [0.1, 0.15) is 5.56 Å². The van der Waals surface area contributed by atoms with Crippen LogP contribution in [-0.2, 0) is 4.74 Å². The van der Waals surface area contributed by atoms with Gasteiger partial charge in [-0.25, -0.2) is 9.18 Å². The summed E-state index contributed by atoms with van der Waals surface area (Å²) < 4.78 is 42.3. The number of aromatic nitrogens is 1. The molecule has 0 aliphatic carbocycles. The van der Waals surface area contributed by atoms with E-state index in [9.17, 15) is 18.0 Å². The molecule has 0 bridgehead atoms. The Balaban J connectivity index is 3.04. The number of pyridine rings is 1. The summed E-state index contributed by atoms with van der Waals surface area (Å²) >= 11 is 0. The largest absolute Gasteiger partial charge is 0.449 e. The van der Waals surface area contributed by atoms with Crippen molar-refractivity contribution in [1.29, 1.82) is 0 Å². The second kappa shape index (κ2) is 4.46. The van der Waals surface area contributed by atoms with Gasteiger partial charge in [-0.1, -0.05) is 5.92 Å². The Morgan fingerprint density at radius 1 is 1.53 bits per heavy atom. The number of carbonyl (C=O) groups excluding carboxylic acids is 1. The summed E-state index contributed by atoms with van der Waals surface area (Å²) in [6, 6.07) is 0.428. The molecular formula is C9H4F3NO2. The van der Waals surface area contributed by atoms with Crippen molar-refractivity contribution in [3.63, 3.8) is 0 Å². The molecule has 0 fully saturated rings. The summed E-state index contributed by atoms with van der Waals surface area (Å²) in [6.07, 6.45) is 4.77. The van der Waals surface area contributed by atoms with E-state index in [0.29, 0.717) is 6.07 Å². The molecule has 0 aliphatic heterocycles. The number of ether oxygens (including phenoxy) is 1. The molecule has 3 nitrogen and oxygen atoms in total. The van der Waals surface area contributed by atoms with Gasteiger partial charge < -0.3 is 4.74 Å². The van der Waals surface area contributed by atoms with Crippen molar-refractivity contribution in [2.75, 3.05) is 6.61 Å². The highest BCUT2D eigenvalue weighted by atomic mass is 19.2. The van der Waals surface area contributed by atoms with Crippen LogP contribution < -0.4 is 0 Å². The van der Waals surface area contributed by atoms with Gasteiger partial charge in [-0.2, -0.15) is 13.8 Å². The standard InChI is InChI=1S/C9H4F3NO2/c1-2-3-15-9(14)5-4-6(10)13-8(12)7(5)11/h1,4H,3H2. The van der Waals surface area contributed by atoms with Crippen LogP contribution in [0.3, 0.4) is 0 Å². The van der Waals surface area contributed by atoms with Crippen LogP contribution in [0.4, 0.5) is 13.2 Å². The highest BCUT2D eigenvalue weighted by molar-refractivity contribution is 5.89. The molecular weight excluding hydrogens is 211 g/mol. The fraction of sp³-hybridized carbons (Fsp3) is 0.111. The lowest BCUT2D eigenvalue weighted by atomic mass is 10.2. The molecule has 0 saturated carbocycles. The highest BCUT2D eigenvalue weighted by Gasteiger charge is 2.19. The zero-order valence-electron chi connectivity index (χ0n) is 7.26. The van der Waals surface area contributed by atoms with E-state index in [1.165, 1.54) is 0 Å². The fourth-order valence-electron chi connectivity index (χ4n) is 0.802. The molecule has 0 N–H and O–H groups in total. The molecule has 0 aromatic carbocycles. The van der Waals surface area contributed by atoms with Crippen LogP contribution in [0.15, 0.2) is 6.07 Å². The maximum absolute atomic E-state index is 12.9.